The van der Waals surface area contributed by atoms with Crippen LogP contribution in [0, 0.1) is 0 Å². The number of alkyl halides is 3. The molecule has 0 N–H and O–H groups in total. The van der Waals surface area contributed by atoms with Crippen molar-refractivity contribution in [2.24, 2.45) is 4.99 Å². The first-order chi connectivity index (χ1) is 13.8. The van der Waals surface area contributed by atoms with Gasteiger partial charge in [-0.1, -0.05) is 12.1 Å². The van der Waals surface area contributed by atoms with Gasteiger partial charge in [-0.3, -0.25) is 4.99 Å². The van der Waals surface area contributed by atoms with Gasteiger partial charge in [-0.25, -0.2) is 4.79 Å². The van der Waals surface area contributed by atoms with E-state index < -0.39 is 17.7 Å². The molecule has 0 saturated heterocycles. The molecule has 0 aliphatic rings. The fraction of sp³-hybridized carbons (Fsp3) is 0.0909. The van der Waals surface area contributed by atoms with Gasteiger partial charge in [0.25, 0.3) is 0 Å². The zero-order chi connectivity index (χ0) is 20.9. The standard InChI is InChI=1S/C22H16F3NO3/c1-28-19-10-12-20(13-11-19)29-21(27)16-4-2-15(3-5-16)14-26-18-8-6-17(7-9-18)22(23,24)25/h2-14H,1H3. The number of rotatable bonds is 5. The maximum atomic E-state index is 12.6. The zero-order valence-corrected chi connectivity index (χ0v) is 15.3. The van der Waals surface area contributed by atoms with Crippen LogP contribution in [0.1, 0.15) is 21.5 Å². The summed E-state index contributed by atoms with van der Waals surface area (Å²) >= 11 is 0. The normalized spacial score (nSPS) is 11.4. The topological polar surface area (TPSA) is 47.9 Å². The lowest BCUT2D eigenvalue weighted by atomic mass is 10.1. The molecule has 0 bridgehead atoms. The van der Waals surface area contributed by atoms with E-state index in [0.717, 1.165) is 12.1 Å². The van der Waals surface area contributed by atoms with Crippen molar-refractivity contribution in [3.05, 3.63) is 89.5 Å². The predicted molar refractivity (Wildman–Crippen MR) is 103 cm³/mol. The van der Waals surface area contributed by atoms with Crippen LogP contribution >= 0.6 is 0 Å². The Kier molecular flexibility index (Phi) is 5.97. The zero-order valence-electron chi connectivity index (χ0n) is 15.3. The molecule has 0 heterocycles. The van der Waals surface area contributed by atoms with Crippen molar-refractivity contribution in [1.29, 1.82) is 0 Å². The Bertz CT molecular complexity index is 993. The first-order valence-electron chi connectivity index (χ1n) is 8.53. The van der Waals surface area contributed by atoms with E-state index >= 15 is 0 Å². The summed E-state index contributed by atoms with van der Waals surface area (Å²) < 4.78 is 48.0. The number of hydrogen-bond acceptors (Lipinski definition) is 4. The van der Waals surface area contributed by atoms with E-state index in [1.807, 2.05) is 0 Å². The summed E-state index contributed by atoms with van der Waals surface area (Å²) in [5.41, 5.74) is 0.704. The van der Waals surface area contributed by atoms with Crippen molar-refractivity contribution >= 4 is 17.9 Å². The molecular formula is C22H16F3NO3. The highest BCUT2D eigenvalue weighted by atomic mass is 19.4. The minimum Gasteiger partial charge on any atom is -0.497 e. The summed E-state index contributed by atoms with van der Waals surface area (Å²) in [6, 6.07) is 17.7. The monoisotopic (exact) mass is 399 g/mol. The van der Waals surface area contributed by atoms with Gasteiger partial charge >= 0.3 is 12.1 Å². The largest absolute Gasteiger partial charge is 0.497 e. The number of carbonyl (C=O) groups is 1. The second kappa shape index (κ2) is 8.60. The molecule has 0 atom stereocenters. The molecule has 0 aromatic heterocycles. The van der Waals surface area contributed by atoms with E-state index in [9.17, 15) is 18.0 Å². The van der Waals surface area contributed by atoms with Crippen LogP contribution in [0.5, 0.6) is 11.5 Å². The van der Waals surface area contributed by atoms with Gasteiger partial charge in [0, 0.05) is 6.21 Å². The summed E-state index contributed by atoms with van der Waals surface area (Å²) in [5.74, 6) is 0.534. The average Bonchev–Trinajstić information content (AvgIpc) is 2.73. The Hall–Kier alpha value is -3.61. The van der Waals surface area contributed by atoms with E-state index in [0.29, 0.717) is 28.3 Å². The van der Waals surface area contributed by atoms with E-state index in [-0.39, 0.29) is 0 Å². The minimum absolute atomic E-state index is 0.354. The van der Waals surface area contributed by atoms with Crippen LogP contribution in [0.4, 0.5) is 18.9 Å². The van der Waals surface area contributed by atoms with Crippen molar-refractivity contribution in [2.45, 2.75) is 6.18 Å². The Balaban J connectivity index is 1.63. The first kappa shape index (κ1) is 20.1. The molecule has 0 aliphatic heterocycles. The summed E-state index contributed by atoms with van der Waals surface area (Å²) in [5, 5.41) is 0. The highest BCUT2D eigenvalue weighted by molar-refractivity contribution is 5.92. The smallest absolute Gasteiger partial charge is 0.416 e. The molecule has 7 heteroatoms. The minimum atomic E-state index is -4.38. The maximum absolute atomic E-state index is 12.6. The lowest BCUT2D eigenvalue weighted by Gasteiger charge is -2.06. The molecule has 29 heavy (non-hydrogen) atoms. The number of nitrogens with zero attached hydrogens (tertiary/aromatic N) is 1. The number of halogens is 3. The number of hydrogen-bond donors (Lipinski definition) is 0. The molecule has 3 rings (SSSR count). The van der Waals surface area contributed by atoms with Gasteiger partial charge < -0.3 is 9.47 Å². The highest BCUT2D eigenvalue weighted by Gasteiger charge is 2.29. The molecule has 0 amide bonds. The Morgan fingerprint density at radius 2 is 1.45 bits per heavy atom. The van der Waals surface area contributed by atoms with Gasteiger partial charge in [0.15, 0.2) is 0 Å². The van der Waals surface area contributed by atoms with E-state index in [1.165, 1.54) is 18.3 Å². The van der Waals surface area contributed by atoms with Gasteiger partial charge in [-0.05, 0) is 66.2 Å². The van der Waals surface area contributed by atoms with Crippen LogP contribution in [-0.4, -0.2) is 19.3 Å². The lowest BCUT2D eigenvalue weighted by molar-refractivity contribution is -0.137. The Morgan fingerprint density at radius 3 is 2.00 bits per heavy atom. The molecule has 0 unspecified atom stereocenters. The number of aliphatic imine (C=N–C) groups is 1. The fourth-order valence-corrected chi connectivity index (χ4v) is 2.40. The Labute approximate surface area is 165 Å². The van der Waals surface area contributed by atoms with Crippen molar-refractivity contribution in [1.82, 2.24) is 0 Å². The van der Waals surface area contributed by atoms with Crippen molar-refractivity contribution in [2.75, 3.05) is 7.11 Å². The number of esters is 1. The van der Waals surface area contributed by atoms with Crippen LogP contribution in [0.3, 0.4) is 0 Å². The number of methoxy groups -OCH3 is 1. The van der Waals surface area contributed by atoms with Crippen LogP contribution in [-0.2, 0) is 6.18 Å². The van der Waals surface area contributed by atoms with Gasteiger partial charge in [0.1, 0.15) is 11.5 Å². The van der Waals surface area contributed by atoms with E-state index in [4.69, 9.17) is 9.47 Å². The van der Waals surface area contributed by atoms with Gasteiger partial charge in [-0.15, -0.1) is 0 Å². The molecule has 0 radical (unpaired) electrons. The SMILES string of the molecule is COc1ccc(OC(=O)c2ccc(C=Nc3ccc(C(F)(F)F)cc3)cc2)cc1. The third-order valence-electron chi connectivity index (χ3n) is 3.97. The molecule has 4 nitrogen and oxygen atoms in total. The number of benzene rings is 3. The second-order valence-corrected chi connectivity index (χ2v) is 5.99. The Morgan fingerprint density at radius 1 is 0.862 bits per heavy atom. The highest BCUT2D eigenvalue weighted by Crippen LogP contribution is 2.30. The number of ether oxygens (including phenoxy) is 2. The molecule has 3 aromatic rings. The molecule has 3 aromatic carbocycles. The summed E-state index contributed by atoms with van der Waals surface area (Å²) in [4.78, 5) is 16.3. The van der Waals surface area contributed by atoms with Crippen LogP contribution in [0.25, 0.3) is 0 Å². The number of carbonyl (C=O) groups excluding carboxylic acids is 1. The molecule has 0 fully saturated rings. The molecule has 0 saturated carbocycles. The van der Waals surface area contributed by atoms with Crippen molar-refractivity contribution < 1.29 is 27.4 Å². The first-order valence-corrected chi connectivity index (χ1v) is 8.53. The van der Waals surface area contributed by atoms with Gasteiger partial charge in [0.2, 0.25) is 0 Å². The summed E-state index contributed by atoms with van der Waals surface area (Å²) in [6.07, 6.45) is -2.88. The van der Waals surface area contributed by atoms with Gasteiger partial charge in [-0.2, -0.15) is 13.2 Å². The molecule has 0 spiro atoms. The average molecular weight is 399 g/mol. The summed E-state index contributed by atoms with van der Waals surface area (Å²) in [6.45, 7) is 0. The van der Waals surface area contributed by atoms with E-state index in [2.05, 4.69) is 4.99 Å². The third-order valence-corrected chi connectivity index (χ3v) is 3.97. The molecular weight excluding hydrogens is 383 g/mol. The lowest BCUT2D eigenvalue weighted by Crippen LogP contribution is -2.08. The van der Waals surface area contributed by atoms with E-state index in [1.54, 1.807) is 55.6 Å². The molecule has 148 valence electrons. The predicted octanol–water partition coefficient (Wildman–Crippen LogP) is 5.68. The molecule has 0 aliphatic carbocycles. The quantitative estimate of drug-likeness (QED) is 0.315. The van der Waals surface area contributed by atoms with Crippen LogP contribution < -0.4 is 9.47 Å². The fourth-order valence-electron chi connectivity index (χ4n) is 2.40. The van der Waals surface area contributed by atoms with Crippen LogP contribution in [0.15, 0.2) is 77.8 Å². The van der Waals surface area contributed by atoms with Crippen molar-refractivity contribution in [3.63, 3.8) is 0 Å². The maximum Gasteiger partial charge on any atom is 0.416 e. The third kappa shape index (κ3) is 5.44. The second-order valence-electron chi connectivity index (χ2n) is 5.99. The van der Waals surface area contributed by atoms with Crippen LogP contribution in [0.2, 0.25) is 0 Å². The van der Waals surface area contributed by atoms with Crippen molar-refractivity contribution in [3.8, 4) is 11.5 Å². The summed E-state index contributed by atoms with van der Waals surface area (Å²) in [7, 11) is 1.55. The van der Waals surface area contributed by atoms with Gasteiger partial charge in [0.05, 0.1) is 23.9 Å².